The molecule has 0 saturated carbocycles. The Hall–Kier alpha value is -5.35. The second-order valence-electron chi connectivity index (χ2n) is 11.6. The van der Waals surface area contributed by atoms with Gasteiger partial charge in [-0.2, -0.15) is 31.8 Å². The van der Waals surface area contributed by atoms with Gasteiger partial charge in [0.15, 0.2) is 11.6 Å². The Labute approximate surface area is 308 Å². The van der Waals surface area contributed by atoms with Gasteiger partial charge in [0.25, 0.3) is 20.2 Å². The number of anilines is 7. The zero-order chi connectivity index (χ0) is 38.7. The molecule has 1 aromatic heterocycles. The van der Waals surface area contributed by atoms with E-state index in [4.69, 9.17) is 17.3 Å². The predicted molar refractivity (Wildman–Crippen MR) is 193 cm³/mol. The smallest absolute Gasteiger partial charge is 0.296 e. The molecule has 1 heterocycles. The van der Waals surface area contributed by atoms with Crippen molar-refractivity contribution in [1.82, 2.24) is 15.0 Å². The molecule has 1 unspecified atom stereocenters. The molecule has 0 fully saturated rings. The molecular formula is C32H25ClN7O10S3-. The highest BCUT2D eigenvalue weighted by Gasteiger charge is 2.37. The highest BCUT2D eigenvalue weighted by molar-refractivity contribution is 7.86. The number of halogens is 1. The minimum atomic E-state index is -5.09. The molecule has 6 rings (SSSR count). The molecule has 5 aromatic rings. The maximum atomic E-state index is 13.9. The van der Waals surface area contributed by atoms with Crippen LogP contribution < -0.4 is 21.7 Å². The first-order valence-electron chi connectivity index (χ1n) is 14.9. The van der Waals surface area contributed by atoms with E-state index in [0.29, 0.717) is 5.69 Å². The molecule has 21 heteroatoms. The average molecular weight is 799 g/mol. The van der Waals surface area contributed by atoms with Crippen LogP contribution in [0, 0.1) is 20.8 Å². The first-order chi connectivity index (χ1) is 24.8. The maximum absolute atomic E-state index is 13.9. The maximum Gasteiger partial charge on any atom is 0.296 e. The summed E-state index contributed by atoms with van der Waals surface area (Å²) >= 11 is 3.72. The molecule has 0 saturated heterocycles. The zero-order valence-electron chi connectivity index (χ0n) is 27.4. The van der Waals surface area contributed by atoms with Crippen molar-refractivity contribution in [3.05, 3.63) is 98.8 Å². The number of hydrogen-bond acceptors (Lipinski definition) is 15. The van der Waals surface area contributed by atoms with E-state index in [2.05, 4.69) is 30.9 Å². The molecule has 0 bridgehead atoms. The number of aromatic nitrogens is 3. The molecule has 0 amide bonds. The molecule has 7 N–H and O–H groups in total. The first kappa shape index (κ1) is 37.4. The molecule has 4 aromatic carbocycles. The van der Waals surface area contributed by atoms with Gasteiger partial charge < -0.3 is 26.2 Å². The van der Waals surface area contributed by atoms with Crippen LogP contribution in [0.3, 0.4) is 0 Å². The Bertz CT molecular complexity index is 2670. The number of ketones is 2. The summed E-state index contributed by atoms with van der Waals surface area (Å²) in [7, 11) is -10.1. The number of rotatable bonds is 9. The molecule has 274 valence electrons. The van der Waals surface area contributed by atoms with Crippen molar-refractivity contribution in [2.24, 2.45) is 0 Å². The predicted octanol–water partition coefficient (Wildman–Crippen LogP) is 4.77. The van der Waals surface area contributed by atoms with E-state index in [1.54, 1.807) is 0 Å². The van der Waals surface area contributed by atoms with Crippen molar-refractivity contribution in [1.29, 1.82) is 0 Å². The largest absolute Gasteiger partial charge is 0.768 e. The minimum Gasteiger partial charge on any atom is -0.768 e. The molecule has 0 radical (unpaired) electrons. The number of carbonyl (C=O) groups excluding carboxylic acids is 2. The van der Waals surface area contributed by atoms with Gasteiger partial charge in [-0.25, -0.2) is 0 Å². The highest BCUT2D eigenvalue weighted by Crippen LogP contribution is 2.44. The van der Waals surface area contributed by atoms with Gasteiger partial charge in [0.2, 0.25) is 17.2 Å². The van der Waals surface area contributed by atoms with Crippen molar-refractivity contribution < 1.29 is 44.3 Å². The molecule has 0 spiro atoms. The van der Waals surface area contributed by atoms with Gasteiger partial charge in [-0.15, -0.1) is 0 Å². The number of carbonyl (C=O) groups is 2. The number of nitrogen functional groups attached to an aromatic ring is 1. The average Bonchev–Trinajstić information content (AvgIpc) is 3.06. The lowest BCUT2D eigenvalue weighted by molar-refractivity contribution is 0.0980. The summed E-state index contributed by atoms with van der Waals surface area (Å²) in [5, 5.41) is 8.27. The third-order valence-electron chi connectivity index (χ3n) is 8.32. The van der Waals surface area contributed by atoms with Gasteiger partial charge in [-0.1, -0.05) is 24.3 Å². The fourth-order valence-electron chi connectivity index (χ4n) is 6.05. The molecule has 0 aliphatic heterocycles. The Morgan fingerprint density at radius 1 is 0.755 bits per heavy atom. The zero-order valence-corrected chi connectivity index (χ0v) is 30.6. The van der Waals surface area contributed by atoms with E-state index in [-0.39, 0.29) is 72.5 Å². The van der Waals surface area contributed by atoms with Gasteiger partial charge >= 0.3 is 0 Å². The standard InChI is InChI=1S/C32H26ClN7O10S3/c1-13-25(36-20-12-21(52(45,46)47)24(34)23-22(20)27(41)18-6-4-5-7-19(18)28(23)42)14(2)29(53(48,49)50)15(3)26(13)37-32-39-30(33)38-31(40-32)35-16-8-10-17(11-9-16)51(43)44/h4-12,36H,34H2,1-3H3,(H,43,44)(H,45,46,47)(H,48,49,50)(H2,35,37,38,39,40)/p-1. The lowest BCUT2D eigenvalue weighted by atomic mass is 9.82. The molecule has 1 aliphatic rings. The Kier molecular flexibility index (Phi) is 9.58. The lowest BCUT2D eigenvalue weighted by Gasteiger charge is -2.26. The monoisotopic (exact) mass is 798 g/mol. The second kappa shape index (κ2) is 13.6. The van der Waals surface area contributed by atoms with Gasteiger partial charge in [-0.3, -0.25) is 22.9 Å². The number of hydrogen-bond donors (Lipinski definition) is 6. The summed E-state index contributed by atoms with van der Waals surface area (Å²) in [6.07, 6.45) is 0. The van der Waals surface area contributed by atoms with Crippen molar-refractivity contribution in [2.45, 2.75) is 35.5 Å². The van der Waals surface area contributed by atoms with Crippen LogP contribution >= 0.6 is 11.6 Å². The molecule has 1 atom stereocenters. The van der Waals surface area contributed by atoms with E-state index < -0.39 is 63.9 Å². The molecule has 1 aliphatic carbocycles. The topological polar surface area (TPSA) is 284 Å². The summed E-state index contributed by atoms with van der Waals surface area (Å²) in [6, 6.07) is 12.2. The Balaban J connectivity index is 1.51. The Morgan fingerprint density at radius 3 is 1.81 bits per heavy atom. The van der Waals surface area contributed by atoms with E-state index in [1.165, 1.54) is 69.3 Å². The number of nitrogens with zero attached hydrogens (tertiary/aromatic N) is 3. The number of nitrogens with two attached hydrogens (primary N) is 1. The fraction of sp³-hybridized carbons (Fsp3) is 0.0938. The van der Waals surface area contributed by atoms with Crippen LogP contribution in [0.25, 0.3) is 0 Å². The minimum absolute atomic E-state index is 0.00767. The number of benzene rings is 4. The van der Waals surface area contributed by atoms with Crippen molar-refractivity contribution in [3.63, 3.8) is 0 Å². The van der Waals surface area contributed by atoms with Crippen LogP contribution in [-0.2, 0) is 31.3 Å². The number of fused-ring (bicyclic) bond motifs is 2. The van der Waals surface area contributed by atoms with Crippen molar-refractivity contribution in [2.75, 3.05) is 21.7 Å². The summed E-state index contributed by atoms with van der Waals surface area (Å²) in [6.45, 7) is 4.22. The van der Waals surface area contributed by atoms with Gasteiger partial charge in [0, 0.05) is 27.4 Å². The van der Waals surface area contributed by atoms with E-state index in [9.17, 15) is 44.3 Å². The third kappa shape index (κ3) is 6.95. The van der Waals surface area contributed by atoms with E-state index in [0.717, 1.165) is 6.07 Å². The first-order valence-corrected chi connectivity index (χ1v) is 19.3. The van der Waals surface area contributed by atoms with Crippen LogP contribution in [0.2, 0.25) is 5.28 Å². The number of nitrogens with one attached hydrogen (secondary N) is 3. The van der Waals surface area contributed by atoms with Crippen molar-refractivity contribution >= 4 is 94.8 Å². The van der Waals surface area contributed by atoms with Gasteiger partial charge in [-0.05, 0) is 90.5 Å². The summed E-state index contributed by atoms with van der Waals surface area (Å²) in [4.78, 5) is 38.4. The summed E-state index contributed by atoms with van der Waals surface area (Å²) in [5.74, 6) is -1.85. The summed E-state index contributed by atoms with van der Waals surface area (Å²) in [5.41, 5.74) is 4.59. The van der Waals surface area contributed by atoms with Crippen LogP contribution in [0.5, 0.6) is 0 Å². The second-order valence-corrected chi connectivity index (χ2v) is 15.6. The van der Waals surface area contributed by atoms with Crippen LogP contribution in [-0.4, -0.2) is 61.2 Å². The summed E-state index contributed by atoms with van der Waals surface area (Å²) < 4.78 is 93.5. The van der Waals surface area contributed by atoms with Crippen LogP contribution in [0.1, 0.15) is 48.5 Å². The highest BCUT2D eigenvalue weighted by atomic mass is 35.5. The Morgan fingerprint density at radius 2 is 1.28 bits per heavy atom. The van der Waals surface area contributed by atoms with Gasteiger partial charge in [0.05, 0.1) is 28.2 Å². The fourth-order valence-corrected chi connectivity index (χ4v) is 8.19. The van der Waals surface area contributed by atoms with Crippen molar-refractivity contribution in [3.8, 4) is 0 Å². The van der Waals surface area contributed by atoms with E-state index >= 15 is 0 Å². The van der Waals surface area contributed by atoms with Crippen LogP contribution in [0.4, 0.5) is 40.3 Å². The van der Waals surface area contributed by atoms with E-state index in [1.807, 2.05) is 0 Å². The molecule has 53 heavy (non-hydrogen) atoms. The SMILES string of the molecule is Cc1c(Nc2nc(Cl)nc(Nc3ccc(S(=O)[O-])cc3)n2)c(C)c(S(=O)(=O)O)c(C)c1Nc1cc(S(=O)(=O)O)c(N)c2c1C(=O)c1ccccc1C2=O. The normalized spacial score (nSPS) is 13.3. The molecule has 17 nitrogen and oxygen atoms in total. The van der Waals surface area contributed by atoms with Gasteiger partial charge in [0.1, 0.15) is 9.79 Å². The van der Waals surface area contributed by atoms with Crippen LogP contribution in [0.15, 0.2) is 69.3 Å². The lowest BCUT2D eigenvalue weighted by Crippen LogP contribution is -2.25. The third-order valence-corrected chi connectivity index (χ3v) is 11.2. The quantitative estimate of drug-likeness (QED) is 0.0652. The molecular weight excluding hydrogens is 774 g/mol.